The van der Waals surface area contributed by atoms with Crippen molar-refractivity contribution in [1.82, 2.24) is 0 Å². The topological polar surface area (TPSA) is 63.6 Å². The van der Waals surface area contributed by atoms with E-state index < -0.39 is 5.97 Å². The zero-order chi connectivity index (χ0) is 11.9. The average Bonchev–Trinajstić information content (AvgIpc) is 2.22. The van der Waals surface area contributed by atoms with Gasteiger partial charge in [-0.3, -0.25) is 4.79 Å². The summed E-state index contributed by atoms with van der Waals surface area (Å²) in [6.07, 6.45) is 0.910. The van der Waals surface area contributed by atoms with Crippen molar-refractivity contribution in [2.75, 3.05) is 0 Å². The maximum atomic E-state index is 11.6. The third-order valence-electron chi connectivity index (χ3n) is 2.79. The van der Waals surface area contributed by atoms with E-state index in [1.165, 1.54) is 0 Å². The van der Waals surface area contributed by atoms with Gasteiger partial charge in [0.25, 0.3) is 0 Å². The van der Waals surface area contributed by atoms with Gasteiger partial charge in [-0.15, -0.1) is 0 Å². The summed E-state index contributed by atoms with van der Waals surface area (Å²) in [6.45, 7) is 3.61. The Hall–Kier alpha value is -1.84. The molecule has 0 bridgehead atoms. The molecule has 16 heavy (non-hydrogen) atoms. The Labute approximate surface area is 92.8 Å². The molecule has 1 heterocycles. The van der Waals surface area contributed by atoms with Gasteiger partial charge in [-0.05, 0) is 31.0 Å². The number of aryl methyl sites for hydroxylation is 1. The lowest BCUT2D eigenvalue weighted by molar-refractivity contribution is 0.0296. The number of phenols is 1. The van der Waals surface area contributed by atoms with E-state index in [-0.39, 0.29) is 23.0 Å². The molecule has 1 aliphatic heterocycles. The van der Waals surface area contributed by atoms with E-state index in [0.717, 1.165) is 11.1 Å². The third kappa shape index (κ3) is 1.46. The number of esters is 1. The first-order chi connectivity index (χ1) is 7.54. The van der Waals surface area contributed by atoms with E-state index >= 15 is 0 Å². The van der Waals surface area contributed by atoms with Gasteiger partial charge >= 0.3 is 5.97 Å². The standard InChI is InChI=1S/C12H12O4/c1-6-3-8(5-13)11(14)10-9(6)4-7(2)16-12(10)15/h3,5,7,14H,4H2,1-2H3/t7-/m1/s1. The van der Waals surface area contributed by atoms with Crippen LogP contribution in [0.5, 0.6) is 5.75 Å². The first-order valence-electron chi connectivity index (χ1n) is 5.06. The number of aromatic hydroxyl groups is 1. The SMILES string of the molecule is Cc1cc(C=O)c(O)c2c1C[C@@H](C)OC2=O. The van der Waals surface area contributed by atoms with E-state index in [4.69, 9.17) is 4.74 Å². The van der Waals surface area contributed by atoms with Crippen molar-refractivity contribution in [2.24, 2.45) is 0 Å². The predicted octanol–water partition coefficient (Wildman–Crippen LogP) is 1.61. The van der Waals surface area contributed by atoms with Gasteiger partial charge in [-0.2, -0.15) is 0 Å². The fraction of sp³-hybridized carbons (Fsp3) is 0.333. The molecule has 1 aromatic carbocycles. The fourth-order valence-electron chi connectivity index (χ4n) is 2.02. The average molecular weight is 220 g/mol. The van der Waals surface area contributed by atoms with E-state index in [0.29, 0.717) is 12.7 Å². The van der Waals surface area contributed by atoms with Crippen molar-refractivity contribution in [3.05, 3.63) is 28.3 Å². The lowest BCUT2D eigenvalue weighted by Gasteiger charge is -2.24. The van der Waals surface area contributed by atoms with Gasteiger partial charge in [-0.1, -0.05) is 0 Å². The molecule has 1 N–H and O–H groups in total. The summed E-state index contributed by atoms with van der Waals surface area (Å²) in [5.74, 6) is -0.828. The second-order valence-corrected chi connectivity index (χ2v) is 4.02. The number of benzene rings is 1. The zero-order valence-corrected chi connectivity index (χ0v) is 9.11. The molecule has 4 heteroatoms. The number of aldehydes is 1. The summed E-state index contributed by atoms with van der Waals surface area (Å²) in [5.41, 5.74) is 1.87. The quantitative estimate of drug-likeness (QED) is 0.577. The number of carbonyl (C=O) groups is 2. The van der Waals surface area contributed by atoms with E-state index in [2.05, 4.69) is 0 Å². The fourth-order valence-corrected chi connectivity index (χ4v) is 2.02. The number of hydrogen-bond acceptors (Lipinski definition) is 4. The molecule has 0 saturated carbocycles. The Morgan fingerprint density at radius 2 is 2.25 bits per heavy atom. The van der Waals surface area contributed by atoms with Gasteiger partial charge in [0.2, 0.25) is 0 Å². The van der Waals surface area contributed by atoms with Gasteiger partial charge in [0.1, 0.15) is 17.4 Å². The van der Waals surface area contributed by atoms with E-state index in [1.54, 1.807) is 13.0 Å². The summed E-state index contributed by atoms with van der Waals surface area (Å²) in [5, 5.41) is 9.78. The zero-order valence-electron chi connectivity index (χ0n) is 9.11. The number of fused-ring (bicyclic) bond motifs is 1. The van der Waals surface area contributed by atoms with Crippen molar-refractivity contribution in [2.45, 2.75) is 26.4 Å². The molecular weight excluding hydrogens is 208 g/mol. The molecule has 2 rings (SSSR count). The van der Waals surface area contributed by atoms with Gasteiger partial charge in [0, 0.05) is 6.42 Å². The Kier molecular flexibility index (Phi) is 2.42. The predicted molar refractivity (Wildman–Crippen MR) is 56.8 cm³/mol. The highest BCUT2D eigenvalue weighted by molar-refractivity contribution is 5.99. The highest BCUT2D eigenvalue weighted by Gasteiger charge is 2.29. The molecule has 4 nitrogen and oxygen atoms in total. The normalized spacial score (nSPS) is 18.9. The van der Waals surface area contributed by atoms with Gasteiger partial charge in [0.05, 0.1) is 5.56 Å². The number of phenolic OH excluding ortho intramolecular Hbond substituents is 1. The lowest BCUT2D eigenvalue weighted by atomic mass is 9.91. The minimum atomic E-state index is -0.557. The monoisotopic (exact) mass is 220 g/mol. The van der Waals surface area contributed by atoms with Gasteiger partial charge in [-0.25, -0.2) is 4.79 Å². The lowest BCUT2D eigenvalue weighted by Crippen LogP contribution is -2.26. The molecule has 0 aliphatic carbocycles. The van der Waals surface area contributed by atoms with Crippen LogP contribution in [0.4, 0.5) is 0 Å². The maximum absolute atomic E-state index is 11.6. The number of hydrogen-bond donors (Lipinski definition) is 1. The van der Waals surface area contributed by atoms with Crippen molar-refractivity contribution in [3.63, 3.8) is 0 Å². The van der Waals surface area contributed by atoms with E-state index in [1.807, 2.05) is 6.92 Å². The third-order valence-corrected chi connectivity index (χ3v) is 2.79. The maximum Gasteiger partial charge on any atom is 0.342 e. The molecule has 0 saturated heterocycles. The molecular formula is C12H12O4. The summed E-state index contributed by atoms with van der Waals surface area (Å²) >= 11 is 0. The van der Waals surface area contributed by atoms with Gasteiger partial charge < -0.3 is 9.84 Å². The van der Waals surface area contributed by atoms with E-state index in [9.17, 15) is 14.7 Å². The van der Waals surface area contributed by atoms with Crippen molar-refractivity contribution in [1.29, 1.82) is 0 Å². The van der Waals surface area contributed by atoms with Crippen molar-refractivity contribution < 1.29 is 19.4 Å². The highest BCUT2D eigenvalue weighted by atomic mass is 16.5. The van der Waals surface area contributed by atoms with Crippen LogP contribution in [0.15, 0.2) is 6.07 Å². The van der Waals surface area contributed by atoms with Gasteiger partial charge in [0.15, 0.2) is 6.29 Å². The Morgan fingerprint density at radius 1 is 1.56 bits per heavy atom. The van der Waals surface area contributed by atoms with Crippen LogP contribution in [0.2, 0.25) is 0 Å². The first-order valence-corrected chi connectivity index (χ1v) is 5.06. The highest BCUT2D eigenvalue weighted by Crippen LogP contribution is 2.33. The Morgan fingerprint density at radius 3 is 2.88 bits per heavy atom. The number of carbonyl (C=O) groups excluding carboxylic acids is 2. The Bertz CT molecular complexity index is 476. The van der Waals surface area contributed by atoms with Crippen LogP contribution >= 0.6 is 0 Å². The molecule has 0 unspecified atom stereocenters. The smallest absolute Gasteiger partial charge is 0.342 e. The van der Waals surface area contributed by atoms with Crippen LogP contribution in [-0.2, 0) is 11.2 Å². The second kappa shape index (κ2) is 3.63. The van der Waals surface area contributed by atoms with Crippen LogP contribution in [-0.4, -0.2) is 23.5 Å². The van der Waals surface area contributed by atoms with Crippen molar-refractivity contribution in [3.8, 4) is 5.75 Å². The minimum Gasteiger partial charge on any atom is -0.506 e. The summed E-state index contributed by atoms with van der Waals surface area (Å²) in [6, 6.07) is 1.59. The molecule has 0 fully saturated rings. The second-order valence-electron chi connectivity index (χ2n) is 4.02. The summed E-state index contributed by atoms with van der Waals surface area (Å²) in [4.78, 5) is 22.4. The molecule has 1 atom stereocenters. The molecule has 0 amide bonds. The molecule has 0 radical (unpaired) electrons. The van der Waals surface area contributed by atoms with Crippen LogP contribution in [0.3, 0.4) is 0 Å². The molecule has 1 aromatic rings. The number of cyclic esters (lactones) is 1. The summed E-state index contributed by atoms with van der Waals surface area (Å²) < 4.78 is 5.03. The first kappa shape index (κ1) is 10.7. The van der Waals surface area contributed by atoms with Crippen LogP contribution in [0, 0.1) is 6.92 Å². The Balaban J connectivity index is 2.71. The number of rotatable bonds is 1. The van der Waals surface area contributed by atoms with Crippen LogP contribution in [0.25, 0.3) is 0 Å². The van der Waals surface area contributed by atoms with Crippen molar-refractivity contribution >= 4 is 12.3 Å². The van der Waals surface area contributed by atoms with Crippen LogP contribution in [0.1, 0.15) is 38.8 Å². The molecule has 1 aliphatic rings. The molecule has 0 spiro atoms. The largest absolute Gasteiger partial charge is 0.506 e. The van der Waals surface area contributed by atoms with Crippen LogP contribution < -0.4 is 0 Å². The molecule has 0 aromatic heterocycles. The molecule has 84 valence electrons. The summed E-state index contributed by atoms with van der Waals surface area (Å²) in [7, 11) is 0. The number of ether oxygens (including phenoxy) is 1. The minimum absolute atomic E-state index is 0.128.